The van der Waals surface area contributed by atoms with Crippen molar-refractivity contribution >= 4 is 35.1 Å². The van der Waals surface area contributed by atoms with Gasteiger partial charge in [-0.05, 0) is 29.8 Å². The highest BCUT2D eigenvalue weighted by Gasteiger charge is 2.15. The molecule has 7 nitrogen and oxygen atoms in total. The highest BCUT2D eigenvalue weighted by Crippen LogP contribution is 2.32. The van der Waals surface area contributed by atoms with Gasteiger partial charge in [-0.25, -0.2) is 9.78 Å². The molecule has 9 heteroatoms. The van der Waals surface area contributed by atoms with Crippen LogP contribution in [-0.2, 0) is 16.1 Å². The third kappa shape index (κ3) is 4.52. The summed E-state index contributed by atoms with van der Waals surface area (Å²) in [6.07, 6.45) is 0. The molecule has 1 aromatic heterocycles. The van der Waals surface area contributed by atoms with Crippen LogP contribution in [0.2, 0.25) is 10.3 Å². The zero-order chi connectivity index (χ0) is 17.8. The number of esters is 1. The number of aromatic nitrogens is 1. The van der Waals surface area contributed by atoms with Crippen molar-refractivity contribution in [2.24, 2.45) is 0 Å². The van der Waals surface area contributed by atoms with E-state index in [-0.39, 0.29) is 29.2 Å². The van der Waals surface area contributed by atoms with Gasteiger partial charge in [0.2, 0.25) is 6.79 Å². The van der Waals surface area contributed by atoms with Crippen molar-refractivity contribution in [3.05, 3.63) is 51.8 Å². The maximum Gasteiger partial charge on any atom is 0.338 e. The van der Waals surface area contributed by atoms with Crippen molar-refractivity contribution < 1.29 is 23.8 Å². The Bertz CT molecular complexity index is 808. The SMILES string of the molecule is O=C(COC(=O)c1cc(Cl)nc(Cl)c1)NCc1ccc2c(c1)OCO2. The maximum atomic E-state index is 11.9. The fourth-order valence-electron chi connectivity index (χ4n) is 2.10. The first kappa shape index (κ1) is 17.3. The van der Waals surface area contributed by atoms with Crippen molar-refractivity contribution in [2.45, 2.75) is 6.54 Å². The number of halogens is 2. The van der Waals surface area contributed by atoms with Gasteiger partial charge in [0.25, 0.3) is 5.91 Å². The van der Waals surface area contributed by atoms with Gasteiger partial charge in [0.1, 0.15) is 10.3 Å². The van der Waals surface area contributed by atoms with Crippen molar-refractivity contribution in [1.82, 2.24) is 10.3 Å². The van der Waals surface area contributed by atoms with Gasteiger partial charge in [-0.2, -0.15) is 0 Å². The minimum Gasteiger partial charge on any atom is -0.454 e. The summed E-state index contributed by atoms with van der Waals surface area (Å²) >= 11 is 11.4. The van der Waals surface area contributed by atoms with Crippen LogP contribution in [0, 0.1) is 0 Å². The minimum atomic E-state index is -0.718. The molecule has 0 fully saturated rings. The molecular formula is C16H12Cl2N2O5. The second kappa shape index (κ2) is 7.58. The molecule has 1 aromatic carbocycles. The van der Waals surface area contributed by atoms with Crippen LogP contribution in [0.5, 0.6) is 11.5 Å². The monoisotopic (exact) mass is 382 g/mol. The van der Waals surface area contributed by atoms with E-state index in [1.54, 1.807) is 18.2 Å². The first-order valence-electron chi connectivity index (χ1n) is 7.17. The highest BCUT2D eigenvalue weighted by atomic mass is 35.5. The topological polar surface area (TPSA) is 86.8 Å². The van der Waals surface area contributed by atoms with Crippen LogP contribution in [0.15, 0.2) is 30.3 Å². The standard InChI is InChI=1S/C16H12Cl2N2O5/c17-13-4-10(5-14(18)20-13)16(22)23-7-15(21)19-6-9-1-2-11-12(3-9)25-8-24-11/h1-5H,6-8H2,(H,19,21). The predicted molar refractivity (Wildman–Crippen MR) is 89.0 cm³/mol. The third-order valence-electron chi connectivity index (χ3n) is 3.26. The molecule has 0 radical (unpaired) electrons. The number of hydrogen-bond acceptors (Lipinski definition) is 6. The molecule has 0 aliphatic carbocycles. The predicted octanol–water partition coefficient (Wildman–Crippen LogP) is 2.59. The molecule has 1 aliphatic rings. The second-order valence-corrected chi connectivity index (χ2v) is 5.82. The highest BCUT2D eigenvalue weighted by molar-refractivity contribution is 6.32. The summed E-state index contributed by atoms with van der Waals surface area (Å²) in [4.78, 5) is 27.4. The lowest BCUT2D eigenvalue weighted by Gasteiger charge is -2.07. The molecule has 2 aromatic rings. The number of hydrogen-bond donors (Lipinski definition) is 1. The Labute approximate surface area is 152 Å². The molecule has 0 saturated carbocycles. The Balaban J connectivity index is 1.48. The summed E-state index contributed by atoms with van der Waals surface area (Å²) in [5.74, 6) is 0.130. The molecule has 0 saturated heterocycles. The van der Waals surface area contributed by atoms with E-state index in [2.05, 4.69) is 10.3 Å². The van der Waals surface area contributed by atoms with Crippen LogP contribution in [0.25, 0.3) is 0 Å². The number of fused-ring (bicyclic) bond motifs is 1. The fourth-order valence-corrected chi connectivity index (χ4v) is 2.56. The Morgan fingerprint density at radius 3 is 2.60 bits per heavy atom. The van der Waals surface area contributed by atoms with Crippen molar-refractivity contribution in [1.29, 1.82) is 0 Å². The van der Waals surface area contributed by atoms with E-state index in [9.17, 15) is 9.59 Å². The van der Waals surface area contributed by atoms with Crippen molar-refractivity contribution in [3.63, 3.8) is 0 Å². The van der Waals surface area contributed by atoms with E-state index in [1.165, 1.54) is 12.1 Å². The van der Waals surface area contributed by atoms with Gasteiger partial charge in [-0.3, -0.25) is 4.79 Å². The normalized spacial score (nSPS) is 11.9. The molecule has 3 rings (SSSR count). The molecule has 1 aliphatic heterocycles. The number of amides is 1. The molecule has 0 unspecified atom stereocenters. The summed E-state index contributed by atoms with van der Waals surface area (Å²) in [5, 5.41) is 2.77. The van der Waals surface area contributed by atoms with Crippen LogP contribution >= 0.6 is 23.2 Å². The van der Waals surface area contributed by atoms with Crippen LogP contribution in [0.1, 0.15) is 15.9 Å². The molecule has 25 heavy (non-hydrogen) atoms. The number of benzene rings is 1. The van der Waals surface area contributed by atoms with E-state index in [1.807, 2.05) is 0 Å². The molecule has 0 atom stereocenters. The summed E-state index contributed by atoms with van der Waals surface area (Å²) in [7, 11) is 0. The molecule has 130 valence electrons. The van der Waals surface area contributed by atoms with Crippen LogP contribution < -0.4 is 14.8 Å². The zero-order valence-electron chi connectivity index (χ0n) is 12.8. The van der Waals surface area contributed by atoms with E-state index in [0.29, 0.717) is 11.5 Å². The number of carbonyl (C=O) groups is 2. The van der Waals surface area contributed by atoms with E-state index in [0.717, 1.165) is 5.56 Å². The number of ether oxygens (including phenoxy) is 3. The smallest absolute Gasteiger partial charge is 0.338 e. The zero-order valence-corrected chi connectivity index (χ0v) is 14.3. The Morgan fingerprint density at radius 1 is 1.12 bits per heavy atom. The number of rotatable bonds is 5. The van der Waals surface area contributed by atoms with Gasteiger partial charge in [0.05, 0.1) is 5.56 Å². The summed E-state index contributed by atoms with van der Waals surface area (Å²) in [5.41, 5.74) is 0.949. The van der Waals surface area contributed by atoms with Gasteiger partial charge in [0, 0.05) is 6.54 Å². The lowest BCUT2D eigenvalue weighted by molar-refractivity contribution is -0.124. The minimum absolute atomic E-state index is 0.0618. The van der Waals surface area contributed by atoms with Crippen LogP contribution in [0.4, 0.5) is 0 Å². The lowest BCUT2D eigenvalue weighted by Crippen LogP contribution is -2.28. The Kier molecular flexibility index (Phi) is 5.25. The number of nitrogens with zero attached hydrogens (tertiary/aromatic N) is 1. The number of nitrogens with one attached hydrogen (secondary N) is 1. The first-order valence-corrected chi connectivity index (χ1v) is 7.92. The van der Waals surface area contributed by atoms with E-state index < -0.39 is 18.5 Å². The molecule has 0 spiro atoms. The van der Waals surface area contributed by atoms with Crippen LogP contribution in [-0.4, -0.2) is 30.3 Å². The van der Waals surface area contributed by atoms with E-state index in [4.69, 9.17) is 37.4 Å². The average Bonchev–Trinajstić information content (AvgIpc) is 3.04. The second-order valence-electron chi connectivity index (χ2n) is 5.04. The Morgan fingerprint density at radius 2 is 1.84 bits per heavy atom. The van der Waals surface area contributed by atoms with Crippen molar-refractivity contribution in [3.8, 4) is 11.5 Å². The van der Waals surface area contributed by atoms with Crippen LogP contribution in [0.3, 0.4) is 0 Å². The molecule has 1 N–H and O–H groups in total. The molecule has 1 amide bonds. The molecule has 2 heterocycles. The van der Waals surface area contributed by atoms with Gasteiger partial charge in [-0.15, -0.1) is 0 Å². The lowest BCUT2D eigenvalue weighted by atomic mass is 10.2. The summed E-state index contributed by atoms with van der Waals surface area (Å²) < 4.78 is 15.4. The number of carbonyl (C=O) groups excluding carboxylic acids is 2. The first-order chi connectivity index (χ1) is 12.0. The van der Waals surface area contributed by atoms with Gasteiger partial charge in [0.15, 0.2) is 18.1 Å². The Hall–Kier alpha value is -2.51. The van der Waals surface area contributed by atoms with Gasteiger partial charge in [-0.1, -0.05) is 29.3 Å². The number of pyridine rings is 1. The maximum absolute atomic E-state index is 11.9. The largest absolute Gasteiger partial charge is 0.454 e. The summed E-state index contributed by atoms with van der Waals surface area (Å²) in [6.45, 7) is 0.0189. The van der Waals surface area contributed by atoms with Gasteiger partial charge >= 0.3 is 5.97 Å². The molecular weight excluding hydrogens is 371 g/mol. The fraction of sp³-hybridized carbons (Fsp3) is 0.188. The average molecular weight is 383 g/mol. The third-order valence-corrected chi connectivity index (χ3v) is 3.65. The van der Waals surface area contributed by atoms with Gasteiger partial charge < -0.3 is 19.5 Å². The van der Waals surface area contributed by atoms with Crippen molar-refractivity contribution in [2.75, 3.05) is 13.4 Å². The van der Waals surface area contributed by atoms with E-state index >= 15 is 0 Å². The summed E-state index contributed by atoms with van der Waals surface area (Å²) in [6, 6.07) is 7.96. The quantitative estimate of drug-likeness (QED) is 0.631. The molecule has 0 bridgehead atoms.